The van der Waals surface area contributed by atoms with Crippen LogP contribution in [0.2, 0.25) is 0 Å². The van der Waals surface area contributed by atoms with Crippen molar-refractivity contribution < 1.29 is 4.79 Å². The summed E-state index contributed by atoms with van der Waals surface area (Å²) in [4.78, 5) is 15.1. The summed E-state index contributed by atoms with van der Waals surface area (Å²) < 4.78 is 0. The first-order valence-corrected chi connectivity index (χ1v) is 10.3. The van der Waals surface area contributed by atoms with Crippen LogP contribution in [0.25, 0.3) is 10.8 Å². The highest BCUT2D eigenvalue weighted by atomic mass is 16.2. The van der Waals surface area contributed by atoms with E-state index >= 15 is 0 Å². The van der Waals surface area contributed by atoms with Gasteiger partial charge in [-0.2, -0.15) is 0 Å². The zero-order valence-electron chi connectivity index (χ0n) is 15.4. The molecule has 2 atom stereocenters. The SMILES string of the molecule is O=C(C1CC1c1cccc2ccccc12)N1CCC(NCC2CC2)CC1. The molecule has 26 heavy (non-hydrogen) atoms. The molecule has 0 spiro atoms. The molecule has 1 N–H and O–H groups in total. The van der Waals surface area contributed by atoms with Gasteiger partial charge in [0.1, 0.15) is 0 Å². The Bertz CT molecular complexity index is 799. The first kappa shape index (κ1) is 16.3. The van der Waals surface area contributed by atoms with Gasteiger partial charge in [-0.25, -0.2) is 0 Å². The Kier molecular flexibility index (Phi) is 4.20. The summed E-state index contributed by atoms with van der Waals surface area (Å²) in [6.07, 6.45) is 6.06. The van der Waals surface area contributed by atoms with Crippen molar-refractivity contribution in [2.45, 2.75) is 44.1 Å². The summed E-state index contributed by atoms with van der Waals surface area (Å²) in [5.41, 5.74) is 1.36. The maximum atomic E-state index is 13.0. The zero-order chi connectivity index (χ0) is 17.5. The normalized spacial score (nSPS) is 26.2. The largest absolute Gasteiger partial charge is 0.342 e. The zero-order valence-corrected chi connectivity index (χ0v) is 15.4. The molecular formula is C23H28N2O. The van der Waals surface area contributed by atoms with Crippen molar-refractivity contribution >= 4 is 16.7 Å². The average molecular weight is 348 g/mol. The Morgan fingerprint density at radius 2 is 1.77 bits per heavy atom. The van der Waals surface area contributed by atoms with Gasteiger partial charge in [0.2, 0.25) is 5.91 Å². The number of nitrogens with one attached hydrogen (secondary N) is 1. The minimum absolute atomic E-state index is 0.205. The monoisotopic (exact) mass is 348 g/mol. The van der Waals surface area contributed by atoms with Crippen molar-refractivity contribution in [3.63, 3.8) is 0 Å². The Morgan fingerprint density at radius 3 is 2.58 bits per heavy atom. The summed E-state index contributed by atoms with van der Waals surface area (Å²) in [6.45, 7) is 3.05. The van der Waals surface area contributed by atoms with Crippen LogP contribution in [0.15, 0.2) is 42.5 Å². The molecule has 1 saturated heterocycles. The Morgan fingerprint density at radius 1 is 1.00 bits per heavy atom. The molecule has 1 amide bonds. The molecule has 1 heterocycles. The van der Waals surface area contributed by atoms with Gasteiger partial charge in [0, 0.05) is 25.0 Å². The predicted molar refractivity (Wildman–Crippen MR) is 105 cm³/mol. The molecule has 3 nitrogen and oxygen atoms in total. The number of likely N-dealkylation sites (tertiary alicyclic amines) is 1. The van der Waals surface area contributed by atoms with E-state index in [0.717, 1.165) is 38.3 Å². The maximum absolute atomic E-state index is 13.0. The van der Waals surface area contributed by atoms with Crippen molar-refractivity contribution in [3.05, 3.63) is 48.0 Å². The highest BCUT2D eigenvalue weighted by molar-refractivity contribution is 5.89. The highest BCUT2D eigenvalue weighted by Crippen LogP contribution is 2.50. The molecule has 2 unspecified atom stereocenters. The quantitative estimate of drug-likeness (QED) is 0.888. The summed E-state index contributed by atoms with van der Waals surface area (Å²) >= 11 is 0. The van der Waals surface area contributed by atoms with Crippen LogP contribution in [0.5, 0.6) is 0 Å². The number of carbonyl (C=O) groups is 1. The van der Waals surface area contributed by atoms with E-state index in [2.05, 4.69) is 52.7 Å². The molecule has 0 radical (unpaired) electrons. The Balaban J connectivity index is 1.20. The number of hydrogen-bond acceptors (Lipinski definition) is 2. The van der Waals surface area contributed by atoms with Crippen molar-refractivity contribution in [2.24, 2.45) is 11.8 Å². The lowest BCUT2D eigenvalue weighted by molar-refractivity contribution is -0.133. The molecular weight excluding hydrogens is 320 g/mol. The van der Waals surface area contributed by atoms with Crippen LogP contribution in [0.3, 0.4) is 0 Å². The van der Waals surface area contributed by atoms with Crippen molar-refractivity contribution in [2.75, 3.05) is 19.6 Å². The minimum Gasteiger partial charge on any atom is -0.342 e. The van der Waals surface area contributed by atoms with E-state index < -0.39 is 0 Å². The van der Waals surface area contributed by atoms with Gasteiger partial charge in [-0.3, -0.25) is 4.79 Å². The number of rotatable bonds is 5. The molecule has 136 valence electrons. The minimum atomic E-state index is 0.205. The van der Waals surface area contributed by atoms with E-state index in [-0.39, 0.29) is 5.92 Å². The fourth-order valence-corrected chi connectivity index (χ4v) is 4.58. The third-order valence-corrected chi connectivity index (χ3v) is 6.53. The van der Waals surface area contributed by atoms with Crippen molar-refractivity contribution in [3.8, 4) is 0 Å². The maximum Gasteiger partial charge on any atom is 0.226 e. The highest BCUT2D eigenvalue weighted by Gasteiger charge is 2.46. The van der Waals surface area contributed by atoms with Gasteiger partial charge in [-0.15, -0.1) is 0 Å². The van der Waals surface area contributed by atoms with Crippen LogP contribution in [0.1, 0.15) is 43.6 Å². The molecule has 2 aromatic carbocycles. The van der Waals surface area contributed by atoms with E-state index in [9.17, 15) is 4.79 Å². The summed E-state index contributed by atoms with van der Waals surface area (Å²) in [6, 6.07) is 15.7. The molecule has 3 aliphatic rings. The van der Waals surface area contributed by atoms with Gasteiger partial charge in [-0.05, 0) is 66.8 Å². The Labute approximate surface area is 155 Å². The lowest BCUT2D eigenvalue weighted by Gasteiger charge is -2.33. The molecule has 1 aliphatic heterocycles. The number of carbonyl (C=O) groups excluding carboxylic acids is 1. The number of piperidine rings is 1. The van der Waals surface area contributed by atoms with Gasteiger partial charge in [0.15, 0.2) is 0 Å². The fraction of sp³-hybridized carbons (Fsp3) is 0.522. The van der Waals surface area contributed by atoms with Gasteiger partial charge >= 0.3 is 0 Å². The van der Waals surface area contributed by atoms with E-state index in [1.165, 1.54) is 35.7 Å². The first-order valence-electron chi connectivity index (χ1n) is 10.3. The summed E-state index contributed by atoms with van der Waals surface area (Å²) in [5, 5.41) is 6.31. The number of benzene rings is 2. The number of fused-ring (bicyclic) bond motifs is 1. The van der Waals surface area contributed by atoms with Gasteiger partial charge in [0.25, 0.3) is 0 Å². The number of amides is 1. The van der Waals surface area contributed by atoms with E-state index in [0.29, 0.717) is 17.9 Å². The van der Waals surface area contributed by atoms with Crippen molar-refractivity contribution in [1.29, 1.82) is 0 Å². The molecule has 5 rings (SSSR count). The molecule has 3 heteroatoms. The number of hydrogen-bond donors (Lipinski definition) is 1. The van der Waals surface area contributed by atoms with Gasteiger partial charge in [-0.1, -0.05) is 42.5 Å². The van der Waals surface area contributed by atoms with Crippen molar-refractivity contribution in [1.82, 2.24) is 10.2 Å². The Hall–Kier alpha value is -1.87. The molecule has 0 bridgehead atoms. The third kappa shape index (κ3) is 3.25. The van der Waals surface area contributed by atoms with Crippen LogP contribution < -0.4 is 5.32 Å². The molecule has 2 aromatic rings. The second-order valence-electron chi connectivity index (χ2n) is 8.47. The second-order valence-corrected chi connectivity index (χ2v) is 8.47. The smallest absolute Gasteiger partial charge is 0.226 e. The van der Waals surface area contributed by atoms with Gasteiger partial charge < -0.3 is 10.2 Å². The molecule has 3 fully saturated rings. The first-order chi connectivity index (χ1) is 12.8. The topological polar surface area (TPSA) is 32.3 Å². The van der Waals surface area contributed by atoms with E-state index in [1.807, 2.05) is 0 Å². The molecule has 0 aromatic heterocycles. The average Bonchev–Trinajstić information content (AvgIpc) is 3.60. The van der Waals surface area contributed by atoms with E-state index in [1.54, 1.807) is 0 Å². The standard InChI is InChI=1S/C23H28N2O/c26-23(25-12-10-18(11-13-25)24-15-16-8-9-16)22-14-21(22)20-7-3-5-17-4-1-2-6-19(17)20/h1-7,16,18,21-22,24H,8-15H2. The van der Waals surface area contributed by atoms with Crippen LogP contribution in [-0.4, -0.2) is 36.5 Å². The van der Waals surface area contributed by atoms with Crippen LogP contribution in [0.4, 0.5) is 0 Å². The lowest BCUT2D eigenvalue weighted by Crippen LogP contribution is -2.46. The lowest BCUT2D eigenvalue weighted by atomic mass is 9.99. The summed E-state index contributed by atoms with van der Waals surface area (Å²) in [7, 11) is 0. The number of nitrogens with zero attached hydrogens (tertiary/aromatic N) is 1. The summed E-state index contributed by atoms with van der Waals surface area (Å²) in [5.74, 6) is 1.95. The predicted octanol–water partition coefficient (Wildman–Crippen LogP) is 3.93. The van der Waals surface area contributed by atoms with Crippen LogP contribution >= 0.6 is 0 Å². The second kappa shape index (κ2) is 6.70. The van der Waals surface area contributed by atoms with Crippen LogP contribution in [0, 0.1) is 11.8 Å². The molecule has 2 saturated carbocycles. The third-order valence-electron chi connectivity index (χ3n) is 6.53. The van der Waals surface area contributed by atoms with Crippen LogP contribution in [-0.2, 0) is 4.79 Å². The molecule has 2 aliphatic carbocycles. The van der Waals surface area contributed by atoms with E-state index in [4.69, 9.17) is 0 Å². The fourth-order valence-electron chi connectivity index (χ4n) is 4.58. The van der Waals surface area contributed by atoms with Gasteiger partial charge in [0.05, 0.1) is 0 Å².